The largest absolute Gasteiger partial charge is 0.462 e. The van der Waals surface area contributed by atoms with Gasteiger partial charge in [0.1, 0.15) is 5.82 Å². The van der Waals surface area contributed by atoms with Crippen LogP contribution in [0.25, 0.3) is 0 Å². The van der Waals surface area contributed by atoms with Crippen LogP contribution < -0.4 is 11.1 Å². The highest BCUT2D eigenvalue weighted by Crippen LogP contribution is 2.28. The molecule has 2 aromatic carbocycles. The number of carbonyl (C=O) groups is 1. The third-order valence-corrected chi connectivity index (χ3v) is 2.69. The third-order valence-electron chi connectivity index (χ3n) is 2.69. The van der Waals surface area contributed by atoms with Gasteiger partial charge in [-0.05, 0) is 37.3 Å². The lowest BCUT2D eigenvalue weighted by Crippen LogP contribution is -2.09. The predicted octanol–water partition coefficient (Wildman–Crippen LogP) is 3.33. The Morgan fingerprint density at radius 2 is 2.05 bits per heavy atom. The summed E-state index contributed by atoms with van der Waals surface area (Å²) in [6, 6.07) is 10.8. The van der Waals surface area contributed by atoms with E-state index in [0.717, 1.165) is 0 Å². The van der Waals surface area contributed by atoms with E-state index < -0.39 is 5.97 Å². The van der Waals surface area contributed by atoms with Gasteiger partial charge in [0, 0.05) is 5.69 Å². The molecule has 0 saturated carbocycles. The van der Waals surface area contributed by atoms with Crippen molar-refractivity contribution in [3.63, 3.8) is 0 Å². The van der Waals surface area contributed by atoms with Crippen molar-refractivity contribution >= 4 is 23.0 Å². The number of para-hydroxylation sites is 1. The summed E-state index contributed by atoms with van der Waals surface area (Å²) in [7, 11) is 0. The van der Waals surface area contributed by atoms with Crippen LogP contribution in [0.5, 0.6) is 0 Å². The molecule has 2 rings (SSSR count). The maximum atomic E-state index is 13.2. The SMILES string of the molecule is CCOC(=O)c1cccc(N)c1Nc1cccc(F)c1. The van der Waals surface area contributed by atoms with Gasteiger partial charge < -0.3 is 15.8 Å². The summed E-state index contributed by atoms with van der Waals surface area (Å²) < 4.78 is 18.2. The molecule has 20 heavy (non-hydrogen) atoms. The van der Waals surface area contributed by atoms with E-state index in [2.05, 4.69) is 5.32 Å². The van der Waals surface area contributed by atoms with Crippen LogP contribution in [-0.4, -0.2) is 12.6 Å². The van der Waals surface area contributed by atoms with Gasteiger partial charge in [-0.1, -0.05) is 12.1 Å². The van der Waals surface area contributed by atoms with Crippen LogP contribution in [0.3, 0.4) is 0 Å². The lowest BCUT2D eigenvalue weighted by molar-refractivity contribution is 0.0527. The Kier molecular flexibility index (Phi) is 4.20. The number of halogens is 1. The van der Waals surface area contributed by atoms with Crippen LogP contribution in [0, 0.1) is 5.82 Å². The predicted molar refractivity (Wildman–Crippen MR) is 76.5 cm³/mol. The molecule has 3 N–H and O–H groups in total. The van der Waals surface area contributed by atoms with Gasteiger partial charge >= 0.3 is 5.97 Å². The van der Waals surface area contributed by atoms with Crippen molar-refractivity contribution in [3.05, 3.63) is 53.8 Å². The molecule has 0 fully saturated rings. The van der Waals surface area contributed by atoms with Crippen LogP contribution in [0.1, 0.15) is 17.3 Å². The van der Waals surface area contributed by atoms with Gasteiger partial charge in [0.2, 0.25) is 0 Å². The molecule has 0 aliphatic rings. The molecule has 2 aromatic rings. The Morgan fingerprint density at radius 3 is 2.75 bits per heavy atom. The summed E-state index contributed by atoms with van der Waals surface area (Å²) in [4.78, 5) is 11.9. The van der Waals surface area contributed by atoms with Crippen LogP contribution >= 0.6 is 0 Å². The number of nitrogens with one attached hydrogen (secondary N) is 1. The molecule has 0 heterocycles. The summed E-state index contributed by atoms with van der Waals surface area (Å²) in [6.45, 7) is 2.00. The Balaban J connectivity index is 2.37. The zero-order chi connectivity index (χ0) is 14.5. The van der Waals surface area contributed by atoms with Crippen molar-refractivity contribution in [1.82, 2.24) is 0 Å². The molecular formula is C15H15FN2O2. The summed E-state index contributed by atoms with van der Waals surface area (Å²) in [5.74, 6) is -0.846. The fraction of sp³-hybridized carbons (Fsp3) is 0.133. The molecule has 4 nitrogen and oxygen atoms in total. The summed E-state index contributed by atoms with van der Waals surface area (Å²) >= 11 is 0. The normalized spacial score (nSPS) is 10.1. The number of nitrogen functional groups attached to an aromatic ring is 1. The van der Waals surface area contributed by atoms with Gasteiger partial charge in [0.15, 0.2) is 0 Å². The van der Waals surface area contributed by atoms with Crippen LogP contribution in [0.4, 0.5) is 21.5 Å². The van der Waals surface area contributed by atoms with Gasteiger partial charge in [-0.3, -0.25) is 0 Å². The second-order valence-electron chi connectivity index (χ2n) is 4.13. The van der Waals surface area contributed by atoms with Crippen LogP contribution in [0.15, 0.2) is 42.5 Å². The van der Waals surface area contributed by atoms with Crippen molar-refractivity contribution in [1.29, 1.82) is 0 Å². The molecular weight excluding hydrogens is 259 g/mol. The average molecular weight is 274 g/mol. The van der Waals surface area contributed by atoms with E-state index in [1.165, 1.54) is 12.1 Å². The molecule has 0 aliphatic heterocycles. The number of rotatable bonds is 4. The van der Waals surface area contributed by atoms with E-state index in [4.69, 9.17) is 10.5 Å². The molecule has 0 amide bonds. The molecule has 0 bridgehead atoms. The first-order chi connectivity index (χ1) is 9.61. The highest BCUT2D eigenvalue weighted by Gasteiger charge is 2.15. The first-order valence-electron chi connectivity index (χ1n) is 6.20. The van der Waals surface area contributed by atoms with E-state index in [1.807, 2.05) is 0 Å². The lowest BCUT2D eigenvalue weighted by Gasteiger charge is -2.13. The van der Waals surface area contributed by atoms with Crippen LogP contribution in [0.2, 0.25) is 0 Å². The number of nitrogens with two attached hydrogens (primary N) is 1. The number of benzene rings is 2. The van der Waals surface area contributed by atoms with Gasteiger partial charge in [-0.25, -0.2) is 9.18 Å². The van der Waals surface area contributed by atoms with Crippen molar-refractivity contribution in [3.8, 4) is 0 Å². The fourth-order valence-corrected chi connectivity index (χ4v) is 1.80. The standard InChI is InChI=1S/C15H15FN2O2/c1-2-20-15(19)12-7-4-8-13(17)14(12)18-11-6-3-5-10(16)9-11/h3-9,18H,2,17H2,1H3. The third kappa shape index (κ3) is 3.06. The van der Waals surface area contributed by atoms with E-state index in [-0.39, 0.29) is 12.4 Å². The van der Waals surface area contributed by atoms with Gasteiger partial charge in [-0.2, -0.15) is 0 Å². The van der Waals surface area contributed by atoms with E-state index in [9.17, 15) is 9.18 Å². The number of hydrogen-bond acceptors (Lipinski definition) is 4. The van der Waals surface area contributed by atoms with E-state index >= 15 is 0 Å². The summed E-state index contributed by atoms with van der Waals surface area (Å²) in [5, 5.41) is 2.96. The van der Waals surface area contributed by atoms with Gasteiger partial charge in [0.25, 0.3) is 0 Å². The minimum absolute atomic E-state index is 0.271. The zero-order valence-corrected chi connectivity index (χ0v) is 11.0. The molecule has 0 radical (unpaired) electrons. The molecule has 0 atom stereocenters. The molecule has 0 saturated heterocycles. The molecule has 0 spiro atoms. The van der Waals surface area contributed by atoms with Crippen molar-refractivity contribution in [2.24, 2.45) is 0 Å². The quantitative estimate of drug-likeness (QED) is 0.663. The fourth-order valence-electron chi connectivity index (χ4n) is 1.80. The maximum Gasteiger partial charge on any atom is 0.340 e. The number of esters is 1. The zero-order valence-electron chi connectivity index (χ0n) is 11.0. The van der Waals surface area contributed by atoms with E-state index in [0.29, 0.717) is 22.6 Å². The second kappa shape index (κ2) is 6.06. The molecule has 104 valence electrons. The minimum atomic E-state index is -0.473. The molecule has 0 aliphatic carbocycles. The Bertz CT molecular complexity index is 629. The van der Waals surface area contributed by atoms with Crippen LogP contribution in [-0.2, 0) is 4.74 Å². The molecule has 0 aromatic heterocycles. The highest BCUT2D eigenvalue weighted by atomic mass is 19.1. The first-order valence-corrected chi connectivity index (χ1v) is 6.20. The summed E-state index contributed by atoms with van der Waals surface area (Å²) in [5.41, 5.74) is 7.50. The smallest absolute Gasteiger partial charge is 0.340 e. The lowest BCUT2D eigenvalue weighted by atomic mass is 10.1. The Hall–Kier alpha value is -2.56. The van der Waals surface area contributed by atoms with Gasteiger partial charge in [-0.15, -0.1) is 0 Å². The number of carbonyl (C=O) groups excluding carboxylic acids is 1. The Labute approximate surface area is 116 Å². The number of anilines is 3. The maximum absolute atomic E-state index is 13.2. The minimum Gasteiger partial charge on any atom is -0.462 e. The first kappa shape index (κ1) is 13.9. The monoisotopic (exact) mass is 274 g/mol. The average Bonchev–Trinajstić information content (AvgIpc) is 2.41. The number of hydrogen-bond donors (Lipinski definition) is 2. The van der Waals surface area contributed by atoms with E-state index in [1.54, 1.807) is 37.3 Å². The molecule has 0 unspecified atom stereocenters. The summed E-state index contributed by atoms with van der Waals surface area (Å²) in [6.07, 6.45) is 0. The highest BCUT2D eigenvalue weighted by molar-refractivity contribution is 5.99. The molecule has 5 heteroatoms. The second-order valence-corrected chi connectivity index (χ2v) is 4.13. The topological polar surface area (TPSA) is 64.3 Å². The van der Waals surface area contributed by atoms with Crippen molar-refractivity contribution in [2.75, 3.05) is 17.7 Å². The van der Waals surface area contributed by atoms with Gasteiger partial charge in [0.05, 0.1) is 23.5 Å². The Morgan fingerprint density at radius 1 is 1.30 bits per heavy atom. The van der Waals surface area contributed by atoms with Crippen molar-refractivity contribution < 1.29 is 13.9 Å². The number of ether oxygens (including phenoxy) is 1. The van der Waals surface area contributed by atoms with Crippen molar-refractivity contribution in [2.45, 2.75) is 6.92 Å².